The average Bonchev–Trinajstić information content (AvgIpc) is 3.05. The molecule has 0 radical (unpaired) electrons. The molecule has 1 fully saturated rings. The van der Waals surface area contributed by atoms with E-state index < -0.39 is 17.7 Å². The van der Waals surface area contributed by atoms with Gasteiger partial charge in [-0.05, 0) is 70.7 Å². The molecule has 1 aromatic heterocycles. The molecule has 0 saturated carbocycles. The molecule has 3 rings (SSSR count). The molecule has 1 N–H and O–H groups in total. The molecule has 1 atom stereocenters. The fourth-order valence-electron chi connectivity index (χ4n) is 4.14. The number of benzene rings is 1. The van der Waals surface area contributed by atoms with Gasteiger partial charge < -0.3 is 19.8 Å². The SMILES string of the molecule is CCN(CC)c1ccc(C2/C(=C(/O)c3ccncc3)C(=O)C(=O)N2CCCN(C)C)cc1. The van der Waals surface area contributed by atoms with Crippen molar-refractivity contribution in [3.8, 4) is 0 Å². The lowest BCUT2D eigenvalue weighted by Gasteiger charge is -2.27. The highest BCUT2D eigenvalue weighted by Crippen LogP contribution is 2.39. The number of rotatable bonds is 9. The molecule has 170 valence electrons. The van der Waals surface area contributed by atoms with Gasteiger partial charge in [0.15, 0.2) is 0 Å². The van der Waals surface area contributed by atoms with Gasteiger partial charge in [0, 0.05) is 43.3 Å². The Labute approximate surface area is 190 Å². The molecule has 2 aromatic rings. The fourth-order valence-corrected chi connectivity index (χ4v) is 4.14. The fraction of sp³-hybridized carbons (Fsp3) is 0.400. The molecule has 1 aliphatic rings. The number of anilines is 1. The molecule has 0 spiro atoms. The Bertz CT molecular complexity index is 966. The Morgan fingerprint density at radius 1 is 1.03 bits per heavy atom. The number of amides is 1. The van der Waals surface area contributed by atoms with E-state index in [2.05, 4.69) is 23.7 Å². The summed E-state index contributed by atoms with van der Waals surface area (Å²) in [5, 5.41) is 11.0. The summed E-state index contributed by atoms with van der Waals surface area (Å²) in [5.41, 5.74) is 2.48. The van der Waals surface area contributed by atoms with E-state index in [0.29, 0.717) is 12.1 Å². The van der Waals surface area contributed by atoms with Gasteiger partial charge in [-0.25, -0.2) is 0 Å². The zero-order valence-electron chi connectivity index (χ0n) is 19.3. The number of nitrogens with zero attached hydrogens (tertiary/aromatic N) is 4. The summed E-state index contributed by atoms with van der Waals surface area (Å²) in [7, 11) is 3.95. The van der Waals surface area contributed by atoms with Gasteiger partial charge >= 0.3 is 0 Å². The van der Waals surface area contributed by atoms with Gasteiger partial charge in [0.05, 0.1) is 11.6 Å². The van der Waals surface area contributed by atoms with Crippen molar-refractivity contribution in [2.75, 3.05) is 45.2 Å². The van der Waals surface area contributed by atoms with Crippen LogP contribution in [0.5, 0.6) is 0 Å². The summed E-state index contributed by atoms with van der Waals surface area (Å²) in [6, 6.07) is 10.6. The van der Waals surface area contributed by atoms with Crippen molar-refractivity contribution in [3.05, 3.63) is 65.5 Å². The van der Waals surface area contributed by atoms with Crippen molar-refractivity contribution in [3.63, 3.8) is 0 Å². The third-order valence-corrected chi connectivity index (χ3v) is 5.84. The summed E-state index contributed by atoms with van der Waals surface area (Å²) < 4.78 is 0. The van der Waals surface area contributed by atoms with Crippen LogP contribution in [0.1, 0.15) is 37.4 Å². The van der Waals surface area contributed by atoms with Crippen molar-refractivity contribution in [1.82, 2.24) is 14.8 Å². The molecule has 32 heavy (non-hydrogen) atoms. The van der Waals surface area contributed by atoms with Crippen LogP contribution in [0.3, 0.4) is 0 Å². The van der Waals surface area contributed by atoms with E-state index in [1.165, 1.54) is 0 Å². The molecule has 0 bridgehead atoms. The first-order valence-electron chi connectivity index (χ1n) is 11.1. The maximum Gasteiger partial charge on any atom is 0.295 e. The van der Waals surface area contributed by atoms with Crippen molar-refractivity contribution >= 4 is 23.1 Å². The lowest BCUT2D eigenvalue weighted by Crippen LogP contribution is -2.32. The molecule has 7 heteroatoms. The number of ketones is 1. The first-order valence-corrected chi connectivity index (χ1v) is 11.1. The van der Waals surface area contributed by atoms with Crippen LogP contribution in [0.2, 0.25) is 0 Å². The summed E-state index contributed by atoms with van der Waals surface area (Å²) in [4.78, 5) is 35.8. The van der Waals surface area contributed by atoms with Crippen molar-refractivity contribution in [1.29, 1.82) is 0 Å². The number of aliphatic hydroxyl groups excluding tert-OH is 1. The Kier molecular flexibility index (Phi) is 7.64. The molecule has 0 aliphatic carbocycles. The smallest absolute Gasteiger partial charge is 0.295 e. The maximum absolute atomic E-state index is 13.0. The molecule has 1 amide bonds. The Balaban J connectivity index is 2.05. The van der Waals surface area contributed by atoms with Crippen LogP contribution in [0.15, 0.2) is 54.4 Å². The minimum absolute atomic E-state index is 0.127. The minimum Gasteiger partial charge on any atom is -0.507 e. The zero-order chi connectivity index (χ0) is 23.3. The quantitative estimate of drug-likeness (QED) is 0.369. The largest absolute Gasteiger partial charge is 0.507 e. The summed E-state index contributed by atoms with van der Waals surface area (Å²) in [5.74, 6) is -1.39. The van der Waals surface area contributed by atoms with Crippen LogP contribution in [0, 0.1) is 0 Å². The second-order valence-electron chi connectivity index (χ2n) is 8.15. The minimum atomic E-state index is -0.651. The van der Waals surface area contributed by atoms with Crippen molar-refractivity contribution in [2.24, 2.45) is 0 Å². The van der Waals surface area contributed by atoms with E-state index >= 15 is 0 Å². The lowest BCUT2D eigenvalue weighted by molar-refractivity contribution is -0.139. The first kappa shape index (κ1) is 23.5. The molecule has 1 saturated heterocycles. The molecule has 1 unspecified atom stereocenters. The molecule has 7 nitrogen and oxygen atoms in total. The van der Waals surface area contributed by atoms with Crippen LogP contribution in [-0.4, -0.2) is 71.9 Å². The van der Waals surface area contributed by atoms with Crippen LogP contribution in [0.25, 0.3) is 5.76 Å². The summed E-state index contributed by atoms with van der Waals surface area (Å²) in [6.45, 7) is 7.21. The first-order chi connectivity index (χ1) is 15.4. The second-order valence-corrected chi connectivity index (χ2v) is 8.15. The van der Waals surface area contributed by atoms with E-state index in [0.717, 1.165) is 37.3 Å². The number of Topliss-reactive ketones (excluding diaryl/α,β-unsaturated/α-hetero) is 1. The van der Waals surface area contributed by atoms with Gasteiger partial charge in [-0.1, -0.05) is 12.1 Å². The number of carbonyl (C=O) groups is 2. The van der Waals surface area contributed by atoms with Crippen LogP contribution in [0.4, 0.5) is 5.69 Å². The Hall–Kier alpha value is -3.19. The van der Waals surface area contributed by atoms with E-state index in [-0.39, 0.29) is 11.3 Å². The topological polar surface area (TPSA) is 77.0 Å². The van der Waals surface area contributed by atoms with Gasteiger partial charge in [0.1, 0.15) is 5.76 Å². The number of hydrogen-bond donors (Lipinski definition) is 1. The van der Waals surface area contributed by atoms with Gasteiger partial charge in [-0.2, -0.15) is 0 Å². The average molecular weight is 437 g/mol. The number of aromatic nitrogens is 1. The highest BCUT2D eigenvalue weighted by atomic mass is 16.3. The summed E-state index contributed by atoms with van der Waals surface area (Å²) >= 11 is 0. The highest BCUT2D eigenvalue weighted by molar-refractivity contribution is 6.46. The Morgan fingerprint density at radius 2 is 1.66 bits per heavy atom. The van der Waals surface area contributed by atoms with E-state index in [4.69, 9.17) is 0 Å². The van der Waals surface area contributed by atoms with E-state index in [1.54, 1.807) is 29.4 Å². The third kappa shape index (κ3) is 4.83. The molecule has 2 heterocycles. The number of pyridine rings is 1. The highest BCUT2D eigenvalue weighted by Gasteiger charge is 2.45. The third-order valence-electron chi connectivity index (χ3n) is 5.84. The monoisotopic (exact) mass is 436 g/mol. The number of hydrogen-bond acceptors (Lipinski definition) is 6. The van der Waals surface area contributed by atoms with Crippen molar-refractivity contribution < 1.29 is 14.7 Å². The molecular weight excluding hydrogens is 404 g/mol. The van der Waals surface area contributed by atoms with E-state index in [9.17, 15) is 14.7 Å². The lowest BCUT2D eigenvalue weighted by atomic mass is 9.95. The predicted octanol–water partition coefficient (Wildman–Crippen LogP) is 3.30. The maximum atomic E-state index is 13.0. The number of aliphatic hydroxyl groups is 1. The second kappa shape index (κ2) is 10.4. The van der Waals surface area contributed by atoms with E-state index in [1.807, 2.05) is 43.3 Å². The van der Waals surface area contributed by atoms with Gasteiger partial charge in [-0.3, -0.25) is 14.6 Å². The molecule has 1 aliphatic heterocycles. The number of likely N-dealkylation sites (tertiary alicyclic amines) is 1. The van der Waals surface area contributed by atoms with Gasteiger partial charge in [0.25, 0.3) is 11.7 Å². The molecular formula is C25H32N4O3. The normalized spacial score (nSPS) is 17.9. The standard InChI is InChI=1S/C25H32N4O3/c1-5-28(6-2)20-10-8-18(9-11-20)22-21(23(30)19-12-14-26-15-13-19)24(31)25(32)29(22)17-7-16-27(3)4/h8-15,22,30H,5-7,16-17H2,1-4H3/b23-21-. The zero-order valence-corrected chi connectivity index (χ0v) is 19.3. The summed E-state index contributed by atoms with van der Waals surface area (Å²) in [6.07, 6.45) is 3.83. The van der Waals surface area contributed by atoms with Gasteiger partial charge in [0.2, 0.25) is 0 Å². The molecule has 1 aromatic carbocycles. The van der Waals surface area contributed by atoms with Crippen LogP contribution >= 0.6 is 0 Å². The van der Waals surface area contributed by atoms with Crippen LogP contribution in [-0.2, 0) is 9.59 Å². The van der Waals surface area contributed by atoms with Crippen molar-refractivity contribution in [2.45, 2.75) is 26.3 Å². The van der Waals surface area contributed by atoms with Crippen LogP contribution < -0.4 is 4.90 Å². The van der Waals surface area contributed by atoms with Gasteiger partial charge in [-0.15, -0.1) is 0 Å². The number of carbonyl (C=O) groups excluding carboxylic acids is 2. The predicted molar refractivity (Wildman–Crippen MR) is 126 cm³/mol. The Morgan fingerprint density at radius 3 is 2.22 bits per heavy atom.